The Hall–Kier alpha value is -1.92. The van der Waals surface area contributed by atoms with Crippen LogP contribution in [0.25, 0.3) is 0 Å². The van der Waals surface area contributed by atoms with E-state index in [4.69, 9.17) is 10.2 Å². The van der Waals surface area contributed by atoms with Crippen molar-refractivity contribution < 1.29 is 19.8 Å². The molecular weight excluding hydrogens is 332 g/mol. The maximum absolute atomic E-state index is 12.0. The highest BCUT2D eigenvalue weighted by molar-refractivity contribution is 5.97. The Bertz CT molecular complexity index is 470. The molecule has 2 amide bonds. The molecule has 0 aromatic heterocycles. The standard InChI is InChI=1S/C20H32N2O4/c23-15-7-3-1-5-13-21-19(25)17-9-11-18(12-10-17)20(26)22-14-6-2-4-8-16-24/h9-12,23-24H,1-8,13-16H2,(H,21,25)(H,22,26). The van der Waals surface area contributed by atoms with Gasteiger partial charge in [-0.3, -0.25) is 9.59 Å². The average molecular weight is 364 g/mol. The van der Waals surface area contributed by atoms with Crippen LogP contribution in [0.15, 0.2) is 24.3 Å². The van der Waals surface area contributed by atoms with Crippen molar-refractivity contribution in [3.05, 3.63) is 35.4 Å². The number of amides is 2. The Balaban J connectivity index is 2.26. The molecule has 0 saturated heterocycles. The van der Waals surface area contributed by atoms with Crippen molar-refractivity contribution in [2.75, 3.05) is 26.3 Å². The largest absolute Gasteiger partial charge is 0.396 e. The number of rotatable bonds is 14. The molecule has 0 saturated carbocycles. The predicted molar refractivity (Wildman–Crippen MR) is 102 cm³/mol. The molecule has 0 aliphatic rings. The van der Waals surface area contributed by atoms with E-state index >= 15 is 0 Å². The van der Waals surface area contributed by atoms with Crippen molar-refractivity contribution >= 4 is 11.8 Å². The third kappa shape index (κ3) is 9.53. The number of hydrogen-bond acceptors (Lipinski definition) is 4. The molecule has 6 nitrogen and oxygen atoms in total. The maximum Gasteiger partial charge on any atom is 0.251 e. The Morgan fingerprint density at radius 2 is 0.962 bits per heavy atom. The molecule has 1 rings (SSSR count). The molecule has 1 aromatic carbocycles. The van der Waals surface area contributed by atoms with E-state index in [2.05, 4.69) is 10.6 Å². The fourth-order valence-electron chi connectivity index (χ4n) is 2.56. The van der Waals surface area contributed by atoms with E-state index in [1.165, 1.54) is 0 Å². The van der Waals surface area contributed by atoms with Crippen molar-refractivity contribution in [2.45, 2.75) is 51.4 Å². The normalized spacial score (nSPS) is 10.5. The molecule has 0 unspecified atom stereocenters. The lowest BCUT2D eigenvalue weighted by molar-refractivity contribution is 0.0941. The molecule has 0 bridgehead atoms. The van der Waals surface area contributed by atoms with Crippen LogP contribution in [0.3, 0.4) is 0 Å². The minimum Gasteiger partial charge on any atom is -0.396 e. The molecule has 0 spiro atoms. The van der Waals surface area contributed by atoms with Crippen LogP contribution in [0.2, 0.25) is 0 Å². The number of hydrogen-bond donors (Lipinski definition) is 4. The van der Waals surface area contributed by atoms with Gasteiger partial charge in [0.1, 0.15) is 0 Å². The first-order valence-corrected chi connectivity index (χ1v) is 9.57. The van der Waals surface area contributed by atoms with E-state index < -0.39 is 0 Å². The van der Waals surface area contributed by atoms with E-state index in [1.807, 2.05) is 0 Å². The second kappa shape index (κ2) is 14.3. The van der Waals surface area contributed by atoms with E-state index in [1.54, 1.807) is 24.3 Å². The molecule has 0 aliphatic carbocycles. The van der Waals surface area contributed by atoms with Gasteiger partial charge in [-0.2, -0.15) is 0 Å². The summed E-state index contributed by atoms with van der Waals surface area (Å²) in [7, 11) is 0. The highest BCUT2D eigenvalue weighted by Gasteiger charge is 2.08. The van der Waals surface area contributed by atoms with Gasteiger partial charge in [-0.25, -0.2) is 0 Å². The molecule has 0 aliphatic heterocycles. The van der Waals surface area contributed by atoms with E-state index in [0.717, 1.165) is 51.4 Å². The van der Waals surface area contributed by atoms with Gasteiger partial charge in [-0.15, -0.1) is 0 Å². The predicted octanol–water partition coefficient (Wildman–Crippen LogP) is 2.25. The van der Waals surface area contributed by atoms with Gasteiger partial charge < -0.3 is 20.8 Å². The van der Waals surface area contributed by atoms with E-state index in [9.17, 15) is 9.59 Å². The average Bonchev–Trinajstić information content (AvgIpc) is 2.67. The SMILES string of the molecule is O=C(NCCCCCCO)c1ccc(C(=O)NCCCCCCO)cc1. The van der Waals surface area contributed by atoms with Gasteiger partial charge in [0.2, 0.25) is 0 Å². The Labute approximate surface area is 156 Å². The summed E-state index contributed by atoms with van der Waals surface area (Å²) in [5.41, 5.74) is 1.09. The molecule has 6 heteroatoms. The molecule has 26 heavy (non-hydrogen) atoms. The highest BCUT2D eigenvalue weighted by Crippen LogP contribution is 2.06. The van der Waals surface area contributed by atoms with Crippen LogP contribution >= 0.6 is 0 Å². The topological polar surface area (TPSA) is 98.7 Å². The van der Waals surface area contributed by atoms with Crippen LogP contribution in [0, 0.1) is 0 Å². The minimum absolute atomic E-state index is 0.136. The quantitative estimate of drug-likeness (QED) is 0.381. The Kier molecular flexibility index (Phi) is 12.1. The lowest BCUT2D eigenvalue weighted by Gasteiger charge is -2.07. The second-order valence-electron chi connectivity index (χ2n) is 6.36. The molecule has 146 valence electrons. The van der Waals surface area contributed by atoms with Crippen LogP contribution in [0.4, 0.5) is 0 Å². The second-order valence-corrected chi connectivity index (χ2v) is 6.36. The smallest absolute Gasteiger partial charge is 0.251 e. The highest BCUT2D eigenvalue weighted by atomic mass is 16.3. The molecule has 1 aromatic rings. The zero-order valence-corrected chi connectivity index (χ0v) is 15.5. The van der Waals surface area contributed by atoms with Gasteiger partial charge in [0.15, 0.2) is 0 Å². The number of unbranched alkanes of at least 4 members (excludes halogenated alkanes) is 6. The molecule has 0 atom stereocenters. The Morgan fingerprint density at radius 3 is 1.31 bits per heavy atom. The van der Waals surface area contributed by atoms with Gasteiger partial charge in [-0.1, -0.05) is 25.7 Å². The number of aliphatic hydroxyl groups is 2. The zero-order valence-electron chi connectivity index (χ0n) is 15.5. The van der Waals surface area contributed by atoms with Gasteiger partial charge in [0, 0.05) is 37.4 Å². The first kappa shape index (κ1) is 22.1. The molecular formula is C20H32N2O4. The van der Waals surface area contributed by atoms with Gasteiger partial charge in [0.05, 0.1) is 0 Å². The number of benzene rings is 1. The number of nitrogens with one attached hydrogen (secondary N) is 2. The number of carbonyl (C=O) groups excluding carboxylic acids is 2. The molecule has 0 radical (unpaired) electrons. The van der Waals surface area contributed by atoms with E-state index in [0.29, 0.717) is 24.2 Å². The summed E-state index contributed by atoms with van der Waals surface area (Å²) in [6.07, 6.45) is 7.31. The molecule has 0 fully saturated rings. The third-order valence-electron chi connectivity index (χ3n) is 4.15. The summed E-state index contributed by atoms with van der Waals surface area (Å²) in [5.74, 6) is -0.272. The summed E-state index contributed by atoms with van der Waals surface area (Å²) in [6, 6.07) is 6.66. The van der Waals surface area contributed by atoms with Crippen molar-refractivity contribution in [1.82, 2.24) is 10.6 Å². The number of aliphatic hydroxyl groups excluding tert-OH is 2. The maximum atomic E-state index is 12.0. The summed E-state index contributed by atoms with van der Waals surface area (Å²) >= 11 is 0. The summed E-state index contributed by atoms with van der Waals surface area (Å²) in [4.78, 5) is 24.1. The Morgan fingerprint density at radius 1 is 0.615 bits per heavy atom. The number of carbonyl (C=O) groups is 2. The van der Waals surface area contributed by atoms with Crippen LogP contribution < -0.4 is 10.6 Å². The van der Waals surface area contributed by atoms with Gasteiger partial charge in [0.25, 0.3) is 11.8 Å². The summed E-state index contributed by atoms with van der Waals surface area (Å²) in [6.45, 7) is 1.66. The molecule has 0 heterocycles. The van der Waals surface area contributed by atoms with Crippen LogP contribution in [-0.2, 0) is 0 Å². The fraction of sp³-hybridized carbons (Fsp3) is 0.600. The van der Waals surface area contributed by atoms with Gasteiger partial charge in [-0.05, 0) is 49.9 Å². The third-order valence-corrected chi connectivity index (χ3v) is 4.15. The first-order valence-electron chi connectivity index (χ1n) is 9.57. The van der Waals surface area contributed by atoms with Crippen molar-refractivity contribution in [3.63, 3.8) is 0 Å². The lowest BCUT2D eigenvalue weighted by atomic mass is 10.1. The van der Waals surface area contributed by atoms with Crippen molar-refractivity contribution in [1.29, 1.82) is 0 Å². The first-order chi connectivity index (χ1) is 12.7. The molecule has 4 N–H and O–H groups in total. The van der Waals surface area contributed by atoms with Crippen LogP contribution in [0.1, 0.15) is 72.1 Å². The van der Waals surface area contributed by atoms with Gasteiger partial charge >= 0.3 is 0 Å². The summed E-state index contributed by atoms with van der Waals surface area (Å²) < 4.78 is 0. The summed E-state index contributed by atoms with van der Waals surface area (Å²) in [5, 5.41) is 23.1. The van der Waals surface area contributed by atoms with Crippen molar-refractivity contribution in [2.24, 2.45) is 0 Å². The zero-order chi connectivity index (χ0) is 19.0. The van der Waals surface area contributed by atoms with Crippen molar-refractivity contribution in [3.8, 4) is 0 Å². The monoisotopic (exact) mass is 364 g/mol. The van der Waals surface area contributed by atoms with Crippen LogP contribution in [0.5, 0.6) is 0 Å². The van der Waals surface area contributed by atoms with Crippen LogP contribution in [-0.4, -0.2) is 48.3 Å². The van der Waals surface area contributed by atoms with E-state index in [-0.39, 0.29) is 25.0 Å². The fourth-order valence-corrected chi connectivity index (χ4v) is 2.56. The minimum atomic E-state index is -0.136. The lowest BCUT2D eigenvalue weighted by Crippen LogP contribution is -2.26.